The highest BCUT2D eigenvalue weighted by Crippen LogP contribution is 2.36. The van der Waals surface area contributed by atoms with Crippen molar-refractivity contribution in [2.75, 3.05) is 46.6 Å². The molecular weight excluding hydrogens is 540 g/mol. The standard InChI is InChI=1S/C32H44N2O8/c1-21(16-25(35)19-34-12-14-41-15-13-34)31(39)33-28(29(37)23-8-10-26(40-3)11-9-23)27(36)18-24(17-22-6-4-5-7-22)30(38)32(2)20-42-32/h4-5,8-11,21-22,24,28-29,37H,6-7,12-20H2,1-3H3,(H,33,39). The maximum atomic E-state index is 13.9. The van der Waals surface area contributed by atoms with Gasteiger partial charge in [-0.1, -0.05) is 31.2 Å². The summed E-state index contributed by atoms with van der Waals surface area (Å²) in [4.78, 5) is 55.3. The third-order valence-electron chi connectivity index (χ3n) is 8.54. The van der Waals surface area contributed by atoms with E-state index in [9.17, 15) is 24.3 Å². The van der Waals surface area contributed by atoms with Crippen LogP contribution in [0.5, 0.6) is 5.75 Å². The Morgan fingerprint density at radius 2 is 1.74 bits per heavy atom. The molecule has 42 heavy (non-hydrogen) atoms. The molecule has 0 aromatic heterocycles. The van der Waals surface area contributed by atoms with Crippen molar-refractivity contribution < 1.29 is 38.5 Å². The Balaban J connectivity index is 1.47. The smallest absolute Gasteiger partial charge is 0.223 e. The number of carbonyl (C=O) groups is 4. The van der Waals surface area contributed by atoms with Gasteiger partial charge in [-0.3, -0.25) is 24.1 Å². The Morgan fingerprint density at radius 1 is 1.10 bits per heavy atom. The Morgan fingerprint density at radius 3 is 2.33 bits per heavy atom. The van der Waals surface area contributed by atoms with E-state index in [1.165, 1.54) is 7.11 Å². The molecule has 1 amide bonds. The van der Waals surface area contributed by atoms with Crippen LogP contribution in [0.1, 0.15) is 57.6 Å². The van der Waals surface area contributed by atoms with Crippen LogP contribution in [0.4, 0.5) is 0 Å². The van der Waals surface area contributed by atoms with Gasteiger partial charge in [-0.25, -0.2) is 0 Å². The lowest BCUT2D eigenvalue weighted by molar-refractivity contribution is -0.136. The lowest BCUT2D eigenvalue weighted by Crippen LogP contribution is -2.48. The molecule has 1 aliphatic carbocycles. The van der Waals surface area contributed by atoms with Crippen LogP contribution in [0.25, 0.3) is 0 Å². The second kappa shape index (κ2) is 14.5. The van der Waals surface area contributed by atoms with Crippen LogP contribution in [0.2, 0.25) is 0 Å². The number of morpholine rings is 1. The van der Waals surface area contributed by atoms with Crippen molar-refractivity contribution >= 4 is 23.3 Å². The number of aliphatic hydroxyl groups excluding tert-OH is 1. The van der Waals surface area contributed by atoms with Crippen LogP contribution >= 0.6 is 0 Å². The summed E-state index contributed by atoms with van der Waals surface area (Å²) in [6.45, 7) is 6.41. The third kappa shape index (κ3) is 8.56. The van der Waals surface area contributed by atoms with E-state index < -0.39 is 41.3 Å². The van der Waals surface area contributed by atoms with Gasteiger partial charge in [0.25, 0.3) is 0 Å². The van der Waals surface area contributed by atoms with Crippen LogP contribution in [-0.4, -0.2) is 91.5 Å². The SMILES string of the molecule is COc1ccc(C(O)C(NC(=O)C(C)CC(=O)CN2CCOCC2)C(=O)CC(CC2CC=CC2)C(=O)C2(C)CO2)cc1. The maximum absolute atomic E-state index is 13.9. The number of carbonyl (C=O) groups excluding carboxylic acids is 4. The molecule has 10 heteroatoms. The molecule has 230 valence electrons. The van der Waals surface area contributed by atoms with Crippen LogP contribution in [0.15, 0.2) is 36.4 Å². The summed E-state index contributed by atoms with van der Waals surface area (Å²) in [5.74, 6) is -1.60. The van der Waals surface area contributed by atoms with Crippen molar-refractivity contribution in [2.24, 2.45) is 17.8 Å². The topological polar surface area (TPSA) is 135 Å². The molecule has 2 aliphatic heterocycles. The quantitative estimate of drug-likeness (QED) is 0.222. The first-order valence-corrected chi connectivity index (χ1v) is 14.9. The normalized spacial score (nSPS) is 23.5. The molecule has 4 rings (SSSR count). The lowest BCUT2D eigenvalue weighted by atomic mass is 9.80. The molecule has 2 heterocycles. The van der Waals surface area contributed by atoms with Gasteiger partial charge in [-0.2, -0.15) is 0 Å². The molecule has 2 fully saturated rings. The molecule has 2 saturated heterocycles. The van der Waals surface area contributed by atoms with E-state index in [2.05, 4.69) is 17.5 Å². The largest absolute Gasteiger partial charge is 0.497 e. The summed E-state index contributed by atoms with van der Waals surface area (Å²) in [6.07, 6.45) is 4.91. The number of aliphatic hydroxyl groups is 1. The second-order valence-corrected chi connectivity index (χ2v) is 12.0. The van der Waals surface area contributed by atoms with Crippen molar-refractivity contribution in [1.29, 1.82) is 0 Å². The van der Waals surface area contributed by atoms with Gasteiger partial charge in [-0.15, -0.1) is 0 Å². The molecule has 10 nitrogen and oxygen atoms in total. The number of nitrogens with one attached hydrogen (secondary N) is 1. The Hall–Kier alpha value is -2.92. The number of hydrogen-bond acceptors (Lipinski definition) is 9. The van der Waals surface area contributed by atoms with Crippen LogP contribution in [-0.2, 0) is 28.7 Å². The number of amides is 1. The average Bonchev–Trinajstić information content (AvgIpc) is 3.53. The summed E-state index contributed by atoms with van der Waals surface area (Å²) >= 11 is 0. The molecular formula is C32H44N2O8. The summed E-state index contributed by atoms with van der Waals surface area (Å²) in [5.41, 5.74) is -0.467. The zero-order chi connectivity index (χ0) is 30.3. The van der Waals surface area contributed by atoms with Gasteiger partial charge < -0.3 is 24.6 Å². The summed E-state index contributed by atoms with van der Waals surface area (Å²) in [5, 5.41) is 14.1. The number of Topliss-reactive ketones (excluding diaryl/α,β-unsaturated/α-hetero) is 3. The number of methoxy groups -OCH3 is 1. The molecule has 0 spiro atoms. The first kappa shape index (κ1) is 32.0. The Labute approximate surface area is 247 Å². The fourth-order valence-electron chi connectivity index (χ4n) is 5.74. The molecule has 0 saturated carbocycles. The maximum Gasteiger partial charge on any atom is 0.223 e. The highest BCUT2D eigenvalue weighted by Gasteiger charge is 2.50. The van der Waals surface area contributed by atoms with Gasteiger partial charge in [0.2, 0.25) is 5.91 Å². The fraction of sp³-hybridized carbons (Fsp3) is 0.625. The van der Waals surface area contributed by atoms with E-state index in [0.29, 0.717) is 50.6 Å². The van der Waals surface area contributed by atoms with Crippen molar-refractivity contribution in [3.05, 3.63) is 42.0 Å². The number of nitrogens with zero attached hydrogens (tertiary/aromatic N) is 1. The molecule has 5 atom stereocenters. The molecule has 0 bridgehead atoms. The van der Waals surface area contributed by atoms with E-state index in [1.807, 2.05) is 4.90 Å². The van der Waals surface area contributed by atoms with Gasteiger partial charge in [0, 0.05) is 37.8 Å². The molecule has 3 aliphatic rings. The van der Waals surface area contributed by atoms with Crippen molar-refractivity contribution in [1.82, 2.24) is 10.2 Å². The number of epoxide rings is 1. The predicted octanol–water partition coefficient (Wildman–Crippen LogP) is 2.43. The Bertz CT molecular complexity index is 1130. The fourth-order valence-corrected chi connectivity index (χ4v) is 5.74. The third-order valence-corrected chi connectivity index (χ3v) is 8.54. The first-order valence-electron chi connectivity index (χ1n) is 14.9. The van der Waals surface area contributed by atoms with Gasteiger partial charge in [0.05, 0.1) is 33.5 Å². The molecule has 1 aromatic carbocycles. The average molecular weight is 585 g/mol. The zero-order valence-corrected chi connectivity index (χ0v) is 24.9. The van der Waals surface area contributed by atoms with E-state index in [1.54, 1.807) is 38.1 Å². The summed E-state index contributed by atoms with van der Waals surface area (Å²) in [6, 6.07) is 5.31. The molecule has 0 radical (unpaired) electrons. The number of rotatable bonds is 16. The van der Waals surface area contributed by atoms with Crippen molar-refractivity contribution in [2.45, 2.75) is 63.7 Å². The summed E-state index contributed by atoms with van der Waals surface area (Å²) < 4.78 is 16.0. The number of ketones is 3. The minimum Gasteiger partial charge on any atom is -0.497 e. The van der Waals surface area contributed by atoms with Crippen LogP contribution in [0, 0.1) is 17.8 Å². The van der Waals surface area contributed by atoms with Gasteiger partial charge in [-0.05, 0) is 49.8 Å². The lowest BCUT2D eigenvalue weighted by Gasteiger charge is -2.28. The minimum absolute atomic E-state index is 0.00815. The predicted molar refractivity (Wildman–Crippen MR) is 155 cm³/mol. The van der Waals surface area contributed by atoms with E-state index in [-0.39, 0.29) is 36.9 Å². The van der Waals surface area contributed by atoms with E-state index in [0.717, 1.165) is 12.8 Å². The van der Waals surface area contributed by atoms with Crippen LogP contribution in [0.3, 0.4) is 0 Å². The molecule has 5 unspecified atom stereocenters. The molecule has 1 aromatic rings. The first-order chi connectivity index (χ1) is 20.1. The van der Waals surface area contributed by atoms with E-state index >= 15 is 0 Å². The minimum atomic E-state index is -1.36. The monoisotopic (exact) mass is 584 g/mol. The molecule has 2 N–H and O–H groups in total. The highest BCUT2D eigenvalue weighted by molar-refractivity contribution is 5.97. The number of ether oxygens (including phenoxy) is 3. The van der Waals surface area contributed by atoms with Gasteiger partial charge in [0.1, 0.15) is 29.3 Å². The summed E-state index contributed by atoms with van der Waals surface area (Å²) in [7, 11) is 1.53. The highest BCUT2D eigenvalue weighted by atomic mass is 16.6. The van der Waals surface area contributed by atoms with Gasteiger partial charge >= 0.3 is 0 Å². The zero-order valence-electron chi connectivity index (χ0n) is 24.9. The Kier molecular flexibility index (Phi) is 11.1. The second-order valence-electron chi connectivity index (χ2n) is 12.0. The van der Waals surface area contributed by atoms with E-state index in [4.69, 9.17) is 14.2 Å². The van der Waals surface area contributed by atoms with Gasteiger partial charge in [0.15, 0.2) is 11.6 Å². The van der Waals surface area contributed by atoms with Crippen LogP contribution < -0.4 is 10.1 Å². The number of benzene rings is 1. The van der Waals surface area contributed by atoms with Crippen molar-refractivity contribution in [3.63, 3.8) is 0 Å². The number of hydrogen-bond donors (Lipinski definition) is 2. The van der Waals surface area contributed by atoms with Crippen molar-refractivity contribution in [3.8, 4) is 5.75 Å². The number of allylic oxidation sites excluding steroid dienone is 2.